The average Bonchev–Trinajstić information content (AvgIpc) is 2.40. The third kappa shape index (κ3) is 2.34. The number of hydrogen-bond donors (Lipinski definition) is 0. The molecule has 0 bridgehead atoms. The zero-order valence-corrected chi connectivity index (χ0v) is 11.4. The van der Waals surface area contributed by atoms with Crippen LogP contribution in [0.15, 0.2) is 42.5 Å². The summed E-state index contributed by atoms with van der Waals surface area (Å²) < 4.78 is 5.86. The molecule has 2 aromatic carbocycles. The van der Waals surface area contributed by atoms with Crippen LogP contribution in [0.25, 0.3) is 0 Å². The molecule has 96 valence electrons. The van der Waals surface area contributed by atoms with Crippen LogP contribution in [-0.2, 0) is 0 Å². The largest absolute Gasteiger partial charge is 0.484 e. The molecule has 0 unspecified atom stereocenters. The van der Waals surface area contributed by atoms with E-state index in [0.29, 0.717) is 21.4 Å². The molecular weight excluding hydrogens is 283 g/mol. The Bertz CT molecular complexity index is 652. The van der Waals surface area contributed by atoms with Crippen molar-refractivity contribution >= 4 is 29.0 Å². The number of benzene rings is 2. The van der Waals surface area contributed by atoms with Crippen LogP contribution in [0.1, 0.15) is 28.4 Å². The first-order valence-electron chi connectivity index (χ1n) is 5.89. The van der Waals surface area contributed by atoms with Crippen LogP contribution < -0.4 is 4.74 Å². The molecule has 19 heavy (non-hydrogen) atoms. The van der Waals surface area contributed by atoms with Crippen LogP contribution in [0.3, 0.4) is 0 Å². The lowest BCUT2D eigenvalue weighted by molar-refractivity contribution is 0.0850. The van der Waals surface area contributed by atoms with Gasteiger partial charge in [0, 0.05) is 15.6 Å². The fraction of sp³-hybridized carbons (Fsp3) is 0.133. The molecule has 3 rings (SSSR count). The van der Waals surface area contributed by atoms with Crippen molar-refractivity contribution in [2.24, 2.45) is 0 Å². The maximum Gasteiger partial charge on any atom is 0.170 e. The van der Waals surface area contributed by atoms with Gasteiger partial charge in [-0.05, 0) is 24.3 Å². The molecule has 2 aromatic rings. The Morgan fingerprint density at radius 2 is 1.89 bits per heavy atom. The minimum atomic E-state index is -0.338. The van der Waals surface area contributed by atoms with Crippen molar-refractivity contribution in [1.82, 2.24) is 0 Å². The third-order valence-electron chi connectivity index (χ3n) is 3.13. The predicted molar refractivity (Wildman–Crippen MR) is 75.2 cm³/mol. The topological polar surface area (TPSA) is 26.3 Å². The monoisotopic (exact) mass is 292 g/mol. The molecule has 0 fully saturated rings. The van der Waals surface area contributed by atoms with Crippen molar-refractivity contribution in [3.63, 3.8) is 0 Å². The Kier molecular flexibility index (Phi) is 3.21. The molecular formula is C15H10Cl2O2. The van der Waals surface area contributed by atoms with Crippen molar-refractivity contribution < 1.29 is 9.53 Å². The predicted octanol–water partition coefficient (Wildman–Crippen LogP) is 4.70. The van der Waals surface area contributed by atoms with Crippen LogP contribution >= 0.6 is 23.2 Å². The normalized spacial score (nSPS) is 17.8. The van der Waals surface area contributed by atoms with Gasteiger partial charge < -0.3 is 4.74 Å². The summed E-state index contributed by atoms with van der Waals surface area (Å²) in [6.07, 6.45) is -0.0632. The van der Waals surface area contributed by atoms with E-state index in [1.165, 1.54) is 0 Å². The van der Waals surface area contributed by atoms with Gasteiger partial charge in [-0.25, -0.2) is 0 Å². The summed E-state index contributed by atoms with van der Waals surface area (Å²) in [5.74, 6) is 0.583. The highest BCUT2D eigenvalue weighted by molar-refractivity contribution is 6.31. The Morgan fingerprint density at radius 3 is 2.68 bits per heavy atom. The van der Waals surface area contributed by atoms with Gasteiger partial charge in [-0.2, -0.15) is 0 Å². The van der Waals surface area contributed by atoms with E-state index in [2.05, 4.69) is 0 Å². The maximum absolute atomic E-state index is 12.2. The van der Waals surface area contributed by atoms with Crippen LogP contribution in [-0.4, -0.2) is 5.78 Å². The molecule has 1 aliphatic rings. The highest BCUT2D eigenvalue weighted by Crippen LogP contribution is 2.38. The number of carbonyl (C=O) groups is 1. The minimum Gasteiger partial charge on any atom is -0.484 e. The standard InChI is InChI=1S/C15H10Cl2O2/c16-9-5-6-14-11(7-9)13(18)8-15(19-14)10-3-1-2-4-12(10)17/h1-7,15H,8H2/t15-/m1/s1. The van der Waals surface area contributed by atoms with Gasteiger partial charge in [0.25, 0.3) is 0 Å². The van der Waals surface area contributed by atoms with E-state index >= 15 is 0 Å². The van der Waals surface area contributed by atoms with Crippen molar-refractivity contribution in [1.29, 1.82) is 0 Å². The summed E-state index contributed by atoms with van der Waals surface area (Å²) in [4.78, 5) is 12.2. The quantitative estimate of drug-likeness (QED) is 0.761. The number of rotatable bonds is 1. The number of Topliss-reactive ketones (excluding diaryl/α,β-unsaturated/α-hetero) is 1. The second-order valence-corrected chi connectivity index (χ2v) is 5.24. The Hall–Kier alpha value is -1.51. The number of fused-ring (bicyclic) bond motifs is 1. The molecule has 2 nitrogen and oxygen atoms in total. The van der Waals surface area contributed by atoms with E-state index in [1.54, 1.807) is 24.3 Å². The molecule has 4 heteroatoms. The fourth-order valence-corrected chi connectivity index (χ4v) is 2.64. The van der Waals surface area contributed by atoms with E-state index in [0.717, 1.165) is 5.56 Å². The smallest absolute Gasteiger partial charge is 0.170 e. The van der Waals surface area contributed by atoms with Crippen LogP contribution in [0.2, 0.25) is 10.0 Å². The van der Waals surface area contributed by atoms with Crippen molar-refractivity contribution in [3.8, 4) is 5.75 Å². The summed E-state index contributed by atoms with van der Waals surface area (Å²) in [6.45, 7) is 0. The summed E-state index contributed by atoms with van der Waals surface area (Å²) in [5, 5.41) is 1.14. The van der Waals surface area contributed by atoms with Gasteiger partial charge >= 0.3 is 0 Å². The molecule has 0 aromatic heterocycles. The lowest BCUT2D eigenvalue weighted by atomic mass is 9.96. The number of carbonyl (C=O) groups excluding carboxylic acids is 1. The number of halogens is 2. The van der Waals surface area contributed by atoms with Gasteiger partial charge in [-0.15, -0.1) is 0 Å². The Morgan fingerprint density at radius 1 is 1.11 bits per heavy atom. The second-order valence-electron chi connectivity index (χ2n) is 4.40. The lowest BCUT2D eigenvalue weighted by Gasteiger charge is -2.26. The zero-order chi connectivity index (χ0) is 13.4. The first-order chi connectivity index (χ1) is 9.15. The van der Waals surface area contributed by atoms with Crippen molar-refractivity contribution in [3.05, 3.63) is 63.6 Å². The van der Waals surface area contributed by atoms with E-state index in [1.807, 2.05) is 18.2 Å². The van der Waals surface area contributed by atoms with Gasteiger partial charge in [0.05, 0.1) is 12.0 Å². The molecule has 0 spiro atoms. The van der Waals surface area contributed by atoms with Gasteiger partial charge in [-0.3, -0.25) is 4.79 Å². The van der Waals surface area contributed by atoms with E-state index in [9.17, 15) is 4.79 Å². The third-order valence-corrected chi connectivity index (χ3v) is 3.71. The second kappa shape index (κ2) is 4.87. The van der Waals surface area contributed by atoms with Gasteiger partial charge in [-0.1, -0.05) is 41.4 Å². The van der Waals surface area contributed by atoms with Crippen molar-refractivity contribution in [2.75, 3.05) is 0 Å². The number of ketones is 1. The first kappa shape index (κ1) is 12.5. The summed E-state index contributed by atoms with van der Waals surface area (Å²) in [5.41, 5.74) is 1.37. The molecule has 0 saturated heterocycles. The van der Waals surface area contributed by atoms with Gasteiger partial charge in [0.2, 0.25) is 0 Å². The lowest BCUT2D eigenvalue weighted by Crippen LogP contribution is -2.20. The molecule has 1 heterocycles. The highest BCUT2D eigenvalue weighted by atomic mass is 35.5. The molecule has 0 N–H and O–H groups in total. The van der Waals surface area contributed by atoms with E-state index in [4.69, 9.17) is 27.9 Å². The molecule has 0 saturated carbocycles. The fourth-order valence-electron chi connectivity index (χ4n) is 2.21. The summed E-state index contributed by atoms with van der Waals surface area (Å²) in [6, 6.07) is 12.5. The Balaban J connectivity index is 2.00. The molecule has 0 radical (unpaired) electrons. The zero-order valence-electron chi connectivity index (χ0n) is 9.90. The first-order valence-corrected chi connectivity index (χ1v) is 6.64. The Labute approximate surface area is 120 Å². The van der Waals surface area contributed by atoms with Gasteiger partial charge in [0.15, 0.2) is 5.78 Å². The SMILES string of the molecule is O=C1C[C@H](c2ccccc2Cl)Oc2ccc(Cl)cc21. The minimum absolute atomic E-state index is 0.0219. The van der Waals surface area contributed by atoms with Crippen LogP contribution in [0.4, 0.5) is 0 Å². The van der Waals surface area contributed by atoms with Crippen molar-refractivity contribution in [2.45, 2.75) is 12.5 Å². The van der Waals surface area contributed by atoms with Gasteiger partial charge in [0.1, 0.15) is 11.9 Å². The molecule has 0 amide bonds. The molecule has 1 aliphatic heterocycles. The van der Waals surface area contributed by atoms with E-state index in [-0.39, 0.29) is 18.3 Å². The average molecular weight is 293 g/mol. The van der Waals surface area contributed by atoms with Crippen LogP contribution in [0, 0.1) is 0 Å². The highest BCUT2D eigenvalue weighted by Gasteiger charge is 2.28. The summed E-state index contributed by atoms with van der Waals surface area (Å²) >= 11 is 12.0. The maximum atomic E-state index is 12.2. The molecule has 1 atom stereocenters. The summed E-state index contributed by atoms with van der Waals surface area (Å²) in [7, 11) is 0. The van der Waals surface area contributed by atoms with Crippen LogP contribution in [0.5, 0.6) is 5.75 Å². The van der Waals surface area contributed by atoms with E-state index < -0.39 is 0 Å². The number of ether oxygens (including phenoxy) is 1. The molecule has 0 aliphatic carbocycles. The number of hydrogen-bond acceptors (Lipinski definition) is 2.